The lowest BCUT2D eigenvalue weighted by Crippen LogP contribution is -2.36. The topological polar surface area (TPSA) is 70.7 Å². The molecule has 7 heteroatoms. The van der Waals surface area contributed by atoms with Gasteiger partial charge in [-0.3, -0.25) is 9.59 Å². The Hall–Kier alpha value is -3.94. The molecule has 6 nitrogen and oxygen atoms in total. The van der Waals surface area contributed by atoms with Gasteiger partial charge in [0.2, 0.25) is 0 Å². The Kier molecular flexibility index (Phi) is 7.63. The number of aryl methyl sites for hydroxylation is 1. The van der Waals surface area contributed by atoms with Crippen molar-refractivity contribution < 1.29 is 14.3 Å². The van der Waals surface area contributed by atoms with Gasteiger partial charge in [0.05, 0.1) is 13.2 Å². The summed E-state index contributed by atoms with van der Waals surface area (Å²) in [7, 11) is 0. The van der Waals surface area contributed by atoms with Crippen LogP contribution >= 0.6 is 11.3 Å². The van der Waals surface area contributed by atoms with Crippen molar-refractivity contribution in [2.75, 3.05) is 36.5 Å². The molecule has 2 heterocycles. The molecular weight excluding hydrogens is 482 g/mol. The van der Waals surface area contributed by atoms with Gasteiger partial charge in [-0.05, 0) is 94.5 Å². The molecule has 188 valence electrons. The van der Waals surface area contributed by atoms with Crippen molar-refractivity contribution in [2.24, 2.45) is 0 Å². The lowest BCUT2D eigenvalue weighted by molar-refractivity contribution is 0.0950. The molecule has 1 fully saturated rings. The lowest BCUT2D eigenvalue weighted by atomic mass is 9.97. The molecule has 3 aromatic carbocycles. The van der Waals surface area contributed by atoms with Crippen molar-refractivity contribution in [3.05, 3.63) is 106 Å². The lowest BCUT2D eigenvalue weighted by Gasteiger charge is -2.28. The van der Waals surface area contributed by atoms with Crippen LogP contribution < -0.4 is 15.5 Å². The average molecular weight is 512 g/mol. The highest BCUT2D eigenvalue weighted by Gasteiger charge is 2.13. The molecule has 2 N–H and O–H groups in total. The van der Waals surface area contributed by atoms with Crippen LogP contribution in [0.3, 0.4) is 0 Å². The minimum atomic E-state index is -0.162. The molecule has 1 aliphatic rings. The summed E-state index contributed by atoms with van der Waals surface area (Å²) in [5.41, 5.74) is 7.12. The molecule has 0 bridgehead atoms. The van der Waals surface area contributed by atoms with Crippen LogP contribution in [0.15, 0.2) is 83.6 Å². The number of benzene rings is 3. The molecule has 0 unspecified atom stereocenters. The number of carbonyl (C=O) groups is 2. The molecular formula is C30H29N3O3S. The Morgan fingerprint density at radius 3 is 2.32 bits per heavy atom. The van der Waals surface area contributed by atoms with Gasteiger partial charge in [-0.15, -0.1) is 0 Å². The van der Waals surface area contributed by atoms with E-state index in [1.54, 1.807) is 11.3 Å². The van der Waals surface area contributed by atoms with E-state index in [-0.39, 0.29) is 11.8 Å². The number of rotatable bonds is 7. The molecule has 0 radical (unpaired) electrons. The number of ether oxygens (including phenoxy) is 1. The van der Waals surface area contributed by atoms with Gasteiger partial charge in [-0.2, -0.15) is 11.3 Å². The summed E-state index contributed by atoms with van der Waals surface area (Å²) in [6.45, 7) is 5.75. The third-order valence-corrected chi connectivity index (χ3v) is 7.22. The second kappa shape index (κ2) is 11.4. The van der Waals surface area contributed by atoms with Crippen LogP contribution in [0, 0.1) is 6.92 Å². The number of nitrogens with one attached hydrogen (secondary N) is 2. The summed E-state index contributed by atoms with van der Waals surface area (Å²) >= 11 is 1.61. The first-order valence-electron chi connectivity index (χ1n) is 12.3. The van der Waals surface area contributed by atoms with Crippen LogP contribution in [0.2, 0.25) is 0 Å². The first-order valence-corrected chi connectivity index (χ1v) is 13.3. The quantitative estimate of drug-likeness (QED) is 0.332. The SMILES string of the molecule is Cc1ccc(C(=O)Nc2ccc(N3CCOCC3)cc2)cc1-c1ccc(C(=O)NCc2ccsc2)cc1. The highest BCUT2D eigenvalue weighted by molar-refractivity contribution is 7.07. The summed E-state index contributed by atoms with van der Waals surface area (Å²) in [6, 6.07) is 23.1. The van der Waals surface area contributed by atoms with E-state index >= 15 is 0 Å². The van der Waals surface area contributed by atoms with Gasteiger partial charge < -0.3 is 20.3 Å². The summed E-state index contributed by atoms with van der Waals surface area (Å²) in [5.74, 6) is -0.271. The Morgan fingerprint density at radius 2 is 1.62 bits per heavy atom. The molecule has 0 atom stereocenters. The number of carbonyl (C=O) groups excluding carboxylic acids is 2. The standard InChI is InChI=1S/C30H29N3O3S/c1-21-2-3-25(30(35)32-26-8-10-27(11-9-26)33-13-15-36-16-14-33)18-28(21)23-4-6-24(7-5-23)29(34)31-19-22-12-17-37-20-22/h2-12,17-18,20H,13-16,19H2,1H3,(H,31,34)(H,32,35). The molecule has 2 amide bonds. The zero-order chi connectivity index (χ0) is 25.6. The number of hydrogen-bond donors (Lipinski definition) is 2. The number of anilines is 2. The Labute approximate surface area is 220 Å². The van der Waals surface area contributed by atoms with Gasteiger partial charge in [0.1, 0.15) is 0 Å². The van der Waals surface area contributed by atoms with E-state index in [0.717, 1.165) is 59.9 Å². The van der Waals surface area contributed by atoms with E-state index in [2.05, 4.69) is 15.5 Å². The molecule has 1 aliphatic heterocycles. The van der Waals surface area contributed by atoms with Crippen LogP contribution in [-0.4, -0.2) is 38.1 Å². The smallest absolute Gasteiger partial charge is 0.255 e. The fourth-order valence-corrected chi connectivity index (χ4v) is 5.00. The summed E-state index contributed by atoms with van der Waals surface area (Å²) in [5, 5.41) is 9.97. The van der Waals surface area contributed by atoms with E-state index in [1.165, 1.54) is 0 Å². The van der Waals surface area contributed by atoms with E-state index in [1.807, 2.05) is 90.5 Å². The molecule has 0 saturated carbocycles. The summed E-state index contributed by atoms with van der Waals surface area (Å²) in [4.78, 5) is 27.8. The number of amides is 2. The van der Waals surface area contributed by atoms with Gasteiger partial charge in [0.15, 0.2) is 0 Å². The average Bonchev–Trinajstić information content (AvgIpc) is 3.47. The highest BCUT2D eigenvalue weighted by atomic mass is 32.1. The fraction of sp³-hybridized carbons (Fsp3) is 0.200. The molecule has 0 spiro atoms. The third kappa shape index (κ3) is 6.07. The predicted molar refractivity (Wildman–Crippen MR) is 150 cm³/mol. The van der Waals surface area contributed by atoms with Crippen LogP contribution in [0.5, 0.6) is 0 Å². The fourth-order valence-electron chi connectivity index (χ4n) is 4.33. The van der Waals surface area contributed by atoms with Crippen LogP contribution in [0.4, 0.5) is 11.4 Å². The van der Waals surface area contributed by atoms with E-state index in [0.29, 0.717) is 17.7 Å². The monoisotopic (exact) mass is 511 g/mol. The maximum absolute atomic E-state index is 13.0. The molecule has 1 saturated heterocycles. The van der Waals surface area contributed by atoms with Crippen molar-refractivity contribution in [1.29, 1.82) is 0 Å². The Morgan fingerprint density at radius 1 is 0.892 bits per heavy atom. The van der Waals surface area contributed by atoms with Gasteiger partial charge >= 0.3 is 0 Å². The normalized spacial score (nSPS) is 13.3. The number of nitrogens with zero attached hydrogens (tertiary/aromatic N) is 1. The van der Waals surface area contributed by atoms with Crippen LogP contribution in [-0.2, 0) is 11.3 Å². The highest BCUT2D eigenvalue weighted by Crippen LogP contribution is 2.26. The van der Waals surface area contributed by atoms with Crippen molar-refractivity contribution in [3.8, 4) is 11.1 Å². The predicted octanol–water partition coefficient (Wildman–Crippen LogP) is 5.74. The largest absolute Gasteiger partial charge is 0.378 e. The maximum Gasteiger partial charge on any atom is 0.255 e. The zero-order valence-corrected chi connectivity index (χ0v) is 21.5. The number of morpholine rings is 1. The van der Waals surface area contributed by atoms with Crippen molar-refractivity contribution in [2.45, 2.75) is 13.5 Å². The van der Waals surface area contributed by atoms with E-state index < -0.39 is 0 Å². The van der Waals surface area contributed by atoms with Crippen molar-refractivity contribution in [3.63, 3.8) is 0 Å². The Balaban J connectivity index is 1.25. The molecule has 4 aromatic rings. The number of thiophene rings is 1. The molecule has 0 aliphatic carbocycles. The zero-order valence-electron chi connectivity index (χ0n) is 20.7. The Bertz CT molecular complexity index is 1360. The van der Waals surface area contributed by atoms with Crippen LogP contribution in [0.1, 0.15) is 31.8 Å². The second-order valence-corrected chi connectivity index (χ2v) is 9.80. The van der Waals surface area contributed by atoms with E-state index in [9.17, 15) is 9.59 Å². The second-order valence-electron chi connectivity index (χ2n) is 9.02. The first-order chi connectivity index (χ1) is 18.1. The van der Waals surface area contributed by atoms with Gasteiger partial charge in [0, 0.05) is 42.1 Å². The van der Waals surface area contributed by atoms with Gasteiger partial charge in [-0.1, -0.05) is 18.2 Å². The summed E-state index contributed by atoms with van der Waals surface area (Å²) in [6.07, 6.45) is 0. The minimum absolute atomic E-state index is 0.109. The molecule has 1 aromatic heterocycles. The van der Waals surface area contributed by atoms with E-state index in [4.69, 9.17) is 4.74 Å². The van der Waals surface area contributed by atoms with Crippen LogP contribution in [0.25, 0.3) is 11.1 Å². The molecule has 37 heavy (non-hydrogen) atoms. The summed E-state index contributed by atoms with van der Waals surface area (Å²) < 4.78 is 5.42. The first kappa shape index (κ1) is 24.7. The third-order valence-electron chi connectivity index (χ3n) is 6.49. The molecule has 5 rings (SSSR count). The number of hydrogen-bond acceptors (Lipinski definition) is 5. The minimum Gasteiger partial charge on any atom is -0.378 e. The van der Waals surface area contributed by atoms with Gasteiger partial charge in [0.25, 0.3) is 11.8 Å². The van der Waals surface area contributed by atoms with Crippen molar-refractivity contribution >= 4 is 34.5 Å². The van der Waals surface area contributed by atoms with Gasteiger partial charge in [-0.25, -0.2) is 0 Å². The van der Waals surface area contributed by atoms with Crippen molar-refractivity contribution in [1.82, 2.24) is 5.32 Å². The maximum atomic E-state index is 13.0.